The molecular formula is C35H33N3O5S. The number of rotatable bonds is 8. The van der Waals surface area contributed by atoms with E-state index in [1.54, 1.807) is 10.6 Å². The first-order valence-electron chi connectivity index (χ1n) is 14.5. The Morgan fingerprint density at radius 2 is 1.73 bits per heavy atom. The smallest absolute Gasteiger partial charge is 0.337 e. The number of benzene rings is 3. The second-order valence-corrected chi connectivity index (χ2v) is 11.4. The van der Waals surface area contributed by atoms with E-state index in [2.05, 4.69) is 59.8 Å². The number of nitrogens with zero attached hydrogens (tertiary/aromatic N) is 3. The first-order valence-corrected chi connectivity index (χ1v) is 15.3. The predicted octanol–water partition coefficient (Wildman–Crippen LogP) is 5.38. The van der Waals surface area contributed by atoms with E-state index in [-0.39, 0.29) is 11.1 Å². The third-order valence-electron chi connectivity index (χ3n) is 7.77. The minimum Gasteiger partial charge on any atom is -0.490 e. The summed E-state index contributed by atoms with van der Waals surface area (Å²) < 4.78 is 21.0. The Labute approximate surface area is 258 Å². The van der Waals surface area contributed by atoms with Crippen LogP contribution in [0.25, 0.3) is 22.5 Å². The number of carbonyl (C=O) groups is 1. The van der Waals surface area contributed by atoms with Crippen molar-refractivity contribution in [2.24, 2.45) is 4.99 Å². The summed E-state index contributed by atoms with van der Waals surface area (Å²) in [5.74, 6) is 0.574. The molecule has 0 spiro atoms. The number of aryl methyl sites for hydroxylation is 1. The quantitative estimate of drug-likeness (QED) is 0.221. The lowest BCUT2D eigenvalue weighted by Gasteiger charge is -2.23. The Balaban J connectivity index is 1.50. The molecule has 6 rings (SSSR count). The summed E-state index contributed by atoms with van der Waals surface area (Å²) >= 11 is 1.29. The van der Waals surface area contributed by atoms with Gasteiger partial charge >= 0.3 is 5.97 Å². The van der Waals surface area contributed by atoms with Gasteiger partial charge in [0.05, 0.1) is 42.2 Å². The summed E-state index contributed by atoms with van der Waals surface area (Å²) in [5.41, 5.74) is 4.80. The van der Waals surface area contributed by atoms with Crippen LogP contribution in [0.2, 0.25) is 0 Å². The molecule has 0 radical (unpaired) electrons. The predicted molar refractivity (Wildman–Crippen MR) is 173 cm³/mol. The molecule has 3 heterocycles. The first kappa shape index (κ1) is 29.2. The molecule has 3 aromatic carbocycles. The minimum absolute atomic E-state index is 0.241. The molecule has 0 aliphatic carbocycles. The third-order valence-corrected chi connectivity index (χ3v) is 8.77. The highest BCUT2D eigenvalue weighted by Crippen LogP contribution is 2.35. The zero-order valence-electron chi connectivity index (χ0n) is 25.3. The summed E-state index contributed by atoms with van der Waals surface area (Å²) in [4.78, 5) is 32.1. The summed E-state index contributed by atoms with van der Waals surface area (Å²) in [5, 5.41) is 2.32. The Morgan fingerprint density at radius 1 is 0.977 bits per heavy atom. The lowest BCUT2D eigenvalue weighted by Crippen LogP contribution is -2.39. The summed E-state index contributed by atoms with van der Waals surface area (Å²) in [7, 11) is 1.32. The van der Waals surface area contributed by atoms with Gasteiger partial charge in [-0.15, -0.1) is 0 Å². The number of hydrogen-bond acceptors (Lipinski definition) is 7. The van der Waals surface area contributed by atoms with Crippen molar-refractivity contribution in [2.45, 2.75) is 33.7 Å². The molecular weight excluding hydrogens is 574 g/mol. The highest BCUT2D eigenvalue weighted by atomic mass is 32.1. The van der Waals surface area contributed by atoms with Gasteiger partial charge in [-0.25, -0.2) is 9.79 Å². The molecule has 0 fully saturated rings. The number of thiazole rings is 1. The van der Waals surface area contributed by atoms with Crippen LogP contribution in [0.1, 0.15) is 42.4 Å². The van der Waals surface area contributed by atoms with E-state index in [1.807, 2.05) is 44.2 Å². The van der Waals surface area contributed by atoms with Gasteiger partial charge in [-0.2, -0.15) is 0 Å². The van der Waals surface area contributed by atoms with Crippen molar-refractivity contribution in [1.29, 1.82) is 0 Å². The van der Waals surface area contributed by atoms with Gasteiger partial charge in [0.2, 0.25) is 0 Å². The fourth-order valence-electron chi connectivity index (χ4n) is 5.84. The van der Waals surface area contributed by atoms with Crippen LogP contribution in [-0.4, -0.2) is 35.4 Å². The number of aromatic nitrogens is 2. The van der Waals surface area contributed by atoms with Crippen LogP contribution in [0.5, 0.6) is 11.5 Å². The lowest BCUT2D eigenvalue weighted by atomic mass is 9.97. The molecule has 44 heavy (non-hydrogen) atoms. The van der Waals surface area contributed by atoms with Crippen LogP contribution in [-0.2, 0) is 9.53 Å². The van der Waals surface area contributed by atoms with Crippen LogP contribution in [0.15, 0.2) is 88.3 Å². The van der Waals surface area contributed by atoms with Crippen molar-refractivity contribution in [3.05, 3.63) is 121 Å². The number of methoxy groups -OCH3 is 1. The molecule has 0 bridgehead atoms. The maximum Gasteiger partial charge on any atom is 0.337 e. The zero-order valence-corrected chi connectivity index (χ0v) is 26.1. The first-order chi connectivity index (χ1) is 21.4. The van der Waals surface area contributed by atoms with E-state index in [9.17, 15) is 9.59 Å². The molecule has 0 saturated heterocycles. The van der Waals surface area contributed by atoms with Gasteiger partial charge in [-0.1, -0.05) is 53.8 Å². The molecule has 224 valence electrons. The lowest BCUT2D eigenvalue weighted by molar-refractivity contribution is -0.136. The Hall–Kier alpha value is -4.89. The fourth-order valence-corrected chi connectivity index (χ4v) is 6.80. The molecule has 5 aromatic rings. The monoisotopic (exact) mass is 607 g/mol. The fraction of sp³-hybridized carbons (Fsp3) is 0.229. The second-order valence-electron chi connectivity index (χ2n) is 10.4. The standard InChI is InChI=1S/C35H33N3O5S/c1-6-42-29-16-15-24(18-30(29)43-7-2)32-27(34(40)41-5)20-36-35-38(32)33(39)31(44-35)19-25-17-21(3)37(22(25)4)28-14-10-12-23-11-8-9-13-26(23)28/h8-20,32H,6-7H2,1-5H3/b31-19-/t32-/m0/s1. The molecule has 1 atom stereocenters. The van der Waals surface area contributed by atoms with Crippen LogP contribution in [0.4, 0.5) is 0 Å². The largest absolute Gasteiger partial charge is 0.490 e. The van der Waals surface area contributed by atoms with Gasteiger partial charge in [0.25, 0.3) is 5.56 Å². The van der Waals surface area contributed by atoms with E-state index >= 15 is 0 Å². The molecule has 0 saturated carbocycles. The van der Waals surface area contributed by atoms with Crippen molar-refractivity contribution >= 4 is 34.2 Å². The van der Waals surface area contributed by atoms with Crippen LogP contribution in [0, 0.1) is 13.8 Å². The number of ether oxygens (including phenoxy) is 3. The van der Waals surface area contributed by atoms with E-state index in [4.69, 9.17) is 14.2 Å². The van der Waals surface area contributed by atoms with Crippen molar-refractivity contribution in [3.8, 4) is 17.2 Å². The number of fused-ring (bicyclic) bond motifs is 2. The molecule has 1 aliphatic heterocycles. The van der Waals surface area contributed by atoms with E-state index in [1.165, 1.54) is 24.6 Å². The zero-order chi connectivity index (χ0) is 31.0. The molecule has 9 heteroatoms. The van der Waals surface area contributed by atoms with E-state index in [0.29, 0.717) is 39.6 Å². The molecule has 1 aliphatic rings. The summed E-state index contributed by atoms with van der Waals surface area (Å²) in [6.07, 6.45) is 3.41. The maximum atomic E-state index is 14.1. The summed E-state index contributed by atoms with van der Waals surface area (Å²) in [6, 6.07) is 21.4. The maximum absolute atomic E-state index is 14.1. The number of hydrogen-bond donors (Lipinski definition) is 0. The normalized spacial score (nSPS) is 14.6. The van der Waals surface area contributed by atoms with Crippen molar-refractivity contribution in [1.82, 2.24) is 9.13 Å². The van der Waals surface area contributed by atoms with Crippen molar-refractivity contribution in [2.75, 3.05) is 20.3 Å². The van der Waals surface area contributed by atoms with Crippen LogP contribution < -0.4 is 24.4 Å². The topological polar surface area (TPSA) is 84.0 Å². The van der Waals surface area contributed by atoms with Crippen LogP contribution in [0.3, 0.4) is 0 Å². The molecule has 0 N–H and O–H groups in total. The van der Waals surface area contributed by atoms with Crippen LogP contribution >= 0.6 is 11.3 Å². The molecule has 0 unspecified atom stereocenters. The van der Waals surface area contributed by atoms with Gasteiger partial charge in [0.1, 0.15) is 0 Å². The third kappa shape index (κ3) is 5.03. The Kier molecular flexibility index (Phi) is 7.97. The Morgan fingerprint density at radius 3 is 2.50 bits per heavy atom. The Bertz CT molecular complexity index is 2110. The molecule has 0 amide bonds. The number of carbonyl (C=O) groups excluding carboxylic acids is 1. The molecule has 2 aromatic heterocycles. The highest BCUT2D eigenvalue weighted by Gasteiger charge is 2.31. The van der Waals surface area contributed by atoms with E-state index in [0.717, 1.165) is 33.4 Å². The van der Waals surface area contributed by atoms with Gasteiger partial charge in [-0.3, -0.25) is 9.36 Å². The highest BCUT2D eigenvalue weighted by molar-refractivity contribution is 7.07. The van der Waals surface area contributed by atoms with Gasteiger partial charge in [0, 0.05) is 23.0 Å². The second kappa shape index (κ2) is 12.0. The molecule has 8 nitrogen and oxygen atoms in total. The summed E-state index contributed by atoms with van der Waals surface area (Å²) in [6.45, 7) is 8.83. The van der Waals surface area contributed by atoms with Crippen molar-refractivity contribution in [3.63, 3.8) is 0 Å². The number of esters is 1. The average molecular weight is 608 g/mol. The van der Waals surface area contributed by atoms with Crippen molar-refractivity contribution < 1.29 is 19.0 Å². The van der Waals surface area contributed by atoms with Gasteiger partial charge in [-0.05, 0) is 74.5 Å². The minimum atomic E-state index is -0.751. The average Bonchev–Trinajstić information content (AvgIpc) is 3.50. The van der Waals surface area contributed by atoms with E-state index < -0.39 is 12.0 Å². The SMILES string of the molecule is CCOc1ccc([C@H]2C(C(=O)OC)=CN=c3s/c(=C\c4cc(C)n(-c5cccc6ccccc56)c4C)c(=O)n32)cc1OCC. The van der Waals surface area contributed by atoms with Gasteiger partial charge in [0.15, 0.2) is 16.3 Å². The van der Waals surface area contributed by atoms with Gasteiger partial charge < -0.3 is 18.8 Å².